The molecule has 1 aromatic carbocycles. The van der Waals surface area contributed by atoms with Gasteiger partial charge in [0.1, 0.15) is 0 Å². The summed E-state index contributed by atoms with van der Waals surface area (Å²) in [6.45, 7) is 13.8. The minimum Gasteiger partial charge on any atom is -0.316 e. The average Bonchev–Trinajstić information content (AvgIpc) is 2.42. The standard InChI is InChI=1S/C20H33N/c1-6-19(7-2)13-20(14-19,15-21-12-16(3)4)18-11-9-8-10-17(18)5/h8-11,16,21H,6-7,12-15H2,1-5H3. The van der Waals surface area contributed by atoms with E-state index in [0.29, 0.717) is 10.8 Å². The van der Waals surface area contributed by atoms with E-state index in [2.05, 4.69) is 64.2 Å². The van der Waals surface area contributed by atoms with Crippen molar-refractivity contribution in [3.63, 3.8) is 0 Å². The zero-order chi connectivity index (χ0) is 15.5. The number of aryl methyl sites for hydroxylation is 1. The maximum absolute atomic E-state index is 3.74. The van der Waals surface area contributed by atoms with Crippen molar-refractivity contribution in [1.82, 2.24) is 5.32 Å². The van der Waals surface area contributed by atoms with E-state index in [0.717, 1.165) is 19.0 Å². The fourth-order valence-electron chi connectivity index (χ4n) is 4.31. The van der Waals surface area contributed by atoms with Gasteiger partial charge in [0, 0.05) is 12.0 Å². The molecule has 1 aromatic rings. The third-order valence-electron chi connectivity index (χ3n) is 5.66. The zero-order valence-electron chi connectivity index (χ0n) is 14.6. The molecular weight excluding hydrogens is 254 g/mol. The Kier molecular flexibility index (Phi) is 5.14. The second kappa shape index (κ2) is 6.52. The Labute approximate surface area is 131 Å². The number of hydrogen-bond acceptors (Lipinski definition) is 1. The largest absolute Gasteiger partial charge is 0.316 e. The summed E-state index contributed by atoms with van der Waals surface area (Å²) in [5, 5.41) is 3.74. The van der Waals surface area contributed by atoms with Gasteiger partial charge in [-0.2, -0.15) is 0 Å². The topological polar surface area (TPSA) is 12.0 Å². The molecule has 0 bridgehead atoms. The Morgan fingerprint density at radius 3 is 2.24 bits per heavy atom. The molecule has 1 N–H and O–H groups in total. The monoisotopic (exact) mass is 287 g/mol. The van der Waals surface area contributed by atoms with Gasteiger partial charge < -0.3 is 5.32 Å². The smallest absolute Gasteiger partial charge is 0.00909 e. The van der Waals surface area contributed by atoms with Crippen LogP contribution in [0.2, 0.25) is 0 Å². The summed E-state index contributed by atoms with van der Waals surface area (Å²) in [6.07, 6.45) is 5.34. The van der Waals surface area contributed by atoms with E-state index in [1.165, 1.54) is 31.2 Å². The van der Waals surface area contributed by atoms with Gasteiger partial charge in [-0.05, 0) is 48.8 Å². The van der Waals surface area contributed by atoms with Crippen LogP contribution in [0.4, 0.5) is 0 Å². The van der Waals surface area contributed by atoms with Gasteiger partial charge in [-0.1, -0.05) is 64.8 Å². The van der Waals surface area contributed by atoms with Crippen molar-refractivity contribution in [3.05, 3.63) is 35.4 Å². The van der Waals surface area contributed by atoms with Gasteiger partial charge in [0.05, 0.1) is 0 Å². The molecule has 0 heterocycles. The van der Waals surface area contributed by atoms with Crippen molar-refractivity contribution >= 4 is 0 Å². The lowest BCUT2D eigenvalue weighted by atomic mass is 9.48. The molecule has 21 heavy (non-hydrogen) atoms. The fraction of sp³-hybridized carbons (Fsp3) is 0.700. The summed E-state index contributed by atoms with van der Waals surface area (Å²) in [6, 6.07) is 9.02. The van der Waals surface area contributed by atoms with Crippen LogP contribution < -0.4 is 5.32 Å². The molecule has 1 aliphatic rings. The van der Waals surface area contributed by atoms with Gasteiger partial charge >= 0.3 is 0 Å². The highest BCUT2D eigenvalue weighted by atomic mass is 14.9. The fourth-order valence-corrected chi connectivity index (χ4v) is 4.31. The molecule has 2 rings (SSSR count). The summed E-state index contributed by atoms with van der Waals surface area (Å²) < 4.78 is 0. The third kappa shape index (κ3) is 3.34. The molecule has 0 amide bonds. The summed E-state index contributed by atoms with van der Waals surface area (Å²) in [7, 11) is 0. The highest BCUT2D eigenvalue weighted by Gasteiger charge is 2.53. The van der Waals surface area contributed by atoms with E-state index in [1.54, 1.807) is 5.56 Å². The molecule has 0 unspecified atom stereocenters. The van der Waals surface area contributed by atoms with Crippen molar-refractivity contribution in [2.24, 2.45) is 11.3 Å². The Morgan fingerprint density at radius 2 is 1.71 bits per heavy atom. The van der Waals surface area contributed by atoms with E-state index >= 15 is 0 Å². The SMILES string of the molecule is CCC1(CC)CC(CNCC(C)C)(c2ccccc2C)C1. The maximum Gasteiger partial charge on any atom is 0.00909 e. The first-order valence-electron chi connectivity index (χ1n) is 8.74. The van der Waals surface area contributed by atoms with Crippen molar-refractivity contribution < 1.29 is 0 Å². The van der Waals surface area contributed by atoms with Crippen LogP contribution in [0.5, 0.6) is 0 Å². The molecule has 1 heteroatoms. The molecule has 118 valence electrons. The molecule has 0 saturated heterocycles. The molecule has 1 saturated carbocycles. The summed E-state index contributed by atoms with van der Waals surface area (Å²) in [4.78, 5) is 0. The van der Waals surface area contributed by atoms with E-state index in [9.17, 15) is 0 Å². The Balaban J connectivity index is 2.19. The minimum atomic E-state index is 0.367. The van der Waals surface area contributed by atoms with Crippen molar-refractivity contribution in [1.29, 1.82) is 0 Å². The van der Waals surface area contributed by atoms with Crippen molar-refractivity contribution in [2.45, 2.75) is 65.7 Å². The number of rotatable bonds is 7. The summed E-state index contributed by atoms with van der Waals surface area (Å²) >= 11 is 0. The number of benzene rings is 1. The summed E-state index contributed by atoms with van der Waals surface area (Å²) in [5.74, 6) is 0.723. The third-order valence-corrected chi connectivity index (χ3v) is 5.66. The van der Waals surface area contributed by atoms with Crippen molar-refractivity contribution in [2.75, 3.05) is 13.1 Å². The van der Waals surface area contributed by atoms with Crippen LogP contribution in [0.25, 0.3) is 0 Å². The lowest BCUT2D eigenvalue weighted by Crippen LogP contribution is -2.55. The Bertz CT molecular complexity index is 449. The number of hydrogen-bond donors (Lipinski definition) is 1. The summed E-state index contributed by atoms with van der Waals surface area (Å²) in [5.41, 5.74) is 4.00. The minimum absolute atomic E-state index is 0.367. The molecule has 0 radical (unpaired) electrons. The average molecular weight is 287 g/mol. The Morgan fingerprint density at radius 1 is 1.10 bits per heavy atom. The predicted molar refractivity (Wildman–Crippen MR) is 92.8 cm³/mol. The molecule has 1 nitrogen and oxygen atoms in total. The first-order chi connectivity index (χ1) is 9.97. The van der Waals surface area contributed by atoms with Gasteiger partial charge in [-0.25, -0.2) is 0 Å². The second-order valence-electron chi connectivity index (χ2n) is 7.68. The van der Waals surface area contributed by atoms with Gasteiger partial charge in [-0.3, -0.25) is 0 Å². The molecule has 1 fully saturated rings. The van der Waals surface area contributed by atoms with Crippen LogP contribution in [0.15, 0.2) is 24.3 Å². The molecule has 1 aliphatic carbocycles. The maximum atomic E-state index is 3.74. The predicted octanol–water partition coefficient (Wildman–Crippen LogP) is 5.08. The zero-order valence-corrected chi connectivity index (χ0v) is 14.6. The highest BCUT2D eigenvalue weighted by molar-refractivity contribution is 5.37. The van der Waals surface area contributed by atoms with Crippen LogP contribution in [-0.2, 0) is 5.41 Å². The lowest BCUT2D eigenvalue weighted by molar-refractivity contribution is 0.0122. The van der Waals surface area contributed by atoms with Crippen molar-refractivity contribution in [3.8, 4) is 0 Å². The molecule has 0 spiro atoms. The lowest BCUT2D eigenvalue weighted by Gasteiger charge is -2.57. The van der Waals surface area contributed by atoms with E-state index in [4.69, 9.17) is 0 Å². The second-order valence-corrected chi connectivity index (χ2v) is 7.68. The van der Waals surface area contributed by atoms with Crippen LogP contribution in [0, 0.1) is 18.3 Å². The van der Waals surface area contributed by atoms with Gasteiger partial charge in [-0.15, -0.1) is 0 Å². The quantitative estimate of drug-likeness (QED) is 0.737. The molecule has 0 atom stereocenters. The van der Waals surface area contributed by atoms with Crippen LogP contribution in [0.3, 0.4) is 0 Å². The van der Waals surface area contributed by atoms with E-state index < -0.39 is 0 Å². The van der Waals surface area contributed by atoms with Crippen LogP contribution in [-0.4, -0.2) is 13.1 Å². The Hall–Kier alpha value is -0.820. The van der Waals surface area contributed by atoms with Gasteiger partial charge in [0.25, 0.3) is 0 Å². The first-order valence-corrected chi connectivity index (χ1v) is 8.74. The van der Waals surface area contributed by atoms with Gasteiger partial charge in [0.2, 0.25) is 0 Å². The van der Waals surface area contributed by atoms with Crippen LogP contribution in [0.1, 0.15) is 64.5 Å². The van der Waals surface area contributed by atoms with E-state index in [-0.39, 0.29) is 0 Å². The normalized spacial score (nSPS) is 19.5. The molecular formula is C20H33N. The van der Waals surface area contributed by atoms with Crippen LogP contribution >= 0.6 is 0 Å². The number of nitrogens with one attached hydrogen (secondary N) is 1. The first kappa shape index (κ1) is 16.5. The van der Waals surface area contributed by atoms with Gasteiger partial charge in [0.15, 0.2) is 0 Å². The highest BCUT2D eigenvalue weighted by Crippen LogP contribution is 2.59. The molecule has 0 aliphatic heterocycles. The van der Waals surface area contributed by atoms with E-state index in [1.807, 2.05) is 0 Å². The molecule has 0 aromatic heterocycles.